The molecule has 0 spiro atoms. The van der Waals surface area contributed by atoms with Crippen LogP contribution in [0, 0.1) is 0 Å². The molecule has 0 radical (unpaired) electrons. The molecule has 1 aromatic heterocycles. The van der Waals surface area contributed by atoms with Crippen molar-refractivity contribution >= 4 is 16.9 Å². The summed E-state index contributed by atoms with van der Waals surface area (Å²) in [6.07, 6.45) is 0. The molecule has 0 unspecified atom stereocenters. The second-order valence-electron chi connectivity index (χ2n) is 4.89. The highest BCUT2D eigenvalue weighted by molar-refractivity contribution is 6.01. The molecule has 3 rings (SSSR count). The first-order chi connectivity index (χ1) is 10.7. The quantitative estimate of drug-likeness (QED) is 0.679. The van der Waals surface area contributed by atoms with Crippen LogP contribution in [0.4, 0.5) is 0 Å². The zero-order chi connectivity index (χ0) is 15.5. The number of hydrogen-bond donors (Lipinski definition) is 0. The van der Waals surface area contributed by atoms with E-state index in [-0.39, 0.29) is 5.97 Å². The average molecular weight is 295 g/mol. The fourth-order valence-corrected chi connectivity index (χ4v) is 2.50. The molecule has 0 aliphatic heterocycles. The van der Waals surface area contributed by atoms with Gasteiger partial charge in [0.1, 0.15) is 5.75 Å². The highest BCUT2D eigenvalue weighted by Gasteiger charge is 2.23. The SMILES string of the molecule is CCOC(=O)c1c(Oc2ccccc2)c2ccccc2n1C. The van der Waals surface area contributed by atoms with Crippen molar-refractivity contribution in [3.8, 4) is 11.5 Å². The van der Waals surface area contributed by atoms with E-state index in [1.807, 2.05) is 66.2 Å². The Labute approximate surface area is 128 Å². The third-order valence-corrected chi connectivity index (χ3v) is 3.49. The number of nitrogens with zero attached hydrogens (tertiary/aromatic N) is 1. The summed E-state index contributed by atoms with van der Waals surface area (Å²) < 4.78 is 13.0. The van der Waals surface area contributed by atoms with Crippen LogP contribution in [0.2, 0.25) is 0 Å². The number of esters is 1. The van der Waals surface area contributed by atoms with E-state index >= 15 is 0 Å². The van der Waals surface area contributed by atoms with Gasteiger partial charge in [0, 0.05) is 12.4 Å². The number of fused-ring (bicyclic) bond motifs is 1. The van der Waals surface area contributed by atoms with E-state index in [0.29, 0.717) is 23.8 Å². The van der Waals surface area contributed by atoms with E-state index in [2.05, 4.69) is 0 Å². The molecular weight excluding hydrogens is 278 g/mol. The van der Waals surface area contributed by atoms with Gasteiger partial charge in [-0.05, 0) is 31.2 Å². The summed E-state index contributed by atoms with van der Waals surface area (Å²) in [5, 5.41) is 0.886. The van der Waals surface area contributed by atoms with Crippen LogP contribution in [-0.4, -0.2) is 17.1 Å². The summed E-state index contributed by atoms with van der Waals surface area (Å²) in [5.41, 5.74) is 1.35. The molecular formula is C18H17NO3. The summed E-state index contributed by atoms with van der Waals surface area (Å²) >= 11 is 0. The first kappa shape index (κ1) is 14.2. The Morgan fingerprint density at radius 3 is 2.45 bits per heavy atom. The summed E-state index contributed by atoms with van der Waals surface area (Å²) in [6.45, 7) is 2.11. The molecule has 0 amide bonds. The van der Waals surface area contributed by atoms with Gasteiger partial charge in [0.05, 0.1) is 12.1 Å². The number of aromatic nitrogens is 1. The number of ether oxygens (including phenoxy) is 2. The van der Waals surface area contributed by atoms with Crippen molar-refractivity contribution in [2.75, 3.05) is 6.61 Å². The minimum Gasteiger partial charge on any atom is -0.461 e. The van der Waals surface area contributed by atoms with Crippen LogP contribution in [0.15, 0.2) is 54.6 Å². The molecule has 0 saturated carbocycles. The lowest BCUT2D eigenvalue weighted by atomic mass is 10.2. The Morgan fingerprint density at radius 2 is 1.73 bits per heavy atom. The fourth-order valence-electron chi connectivity index (χ4n) is 2.50. The van der Waals surface area contributed by atoms with E-state index in [0.717, 1.165) is 10.9 Å². The van der Waals surface area contributed by atoms with Crippen molar-refractivity contribution in [2.24, 2.45) is 7.05 Å². The van der Waals surface area contributed by atoms with E-state index in [1.54, 1.807) is 6.92 Å². The third kappa shape index (κ3) is 2.44. The highest BCUT2D eigenvalue weighted by atomic mass is 16.5. The molecule has 0 aliphatic carbocycles. The summed E-state index contributed by atoms with van der Waals surface area (Å²) in [6, 6.07) is 17.2. The van der Waals surface area contributed by atoms with Crippen molar-refractivity contribution in [3.63, 3.8) is 0 Å². The topological polar surface area (TPSA) is 40.5 Å². The van der Waals surface area contributed by atoms with Crippen LogP contribution in [0.25, 0.3) is 10.9 Å². The second-order valence-corrected chi connectivity index (χ2v) is 4.89. The minimum atomic E-state index is -0.382. The van der Waals surface area contributed by atoms with Crippen molar-refractivity contribution in [2.45, 2.75) is 6.92 Å². The van der Waals surface area contributed by atoms with Crippen LogP contribution in [0.1, 0.15) is 17.4 Å². The zero-order valence-electron chi connectivity index (χ0n) is 12.6. The van der Waals surface area contributed by atoms with Gasteiger partial charge in [-0.3, -0.25) is 0 Å². The first-order valence-corrected chi connectivity index (χ1v) is 7.19. The van der Waals surface area contributed by atoms with Crippen LogP contribution in [0.5, 0.6) is 11.5 Å². The van der Waals surface area contributed by atoms with Crippen LogP contribution >= 0.6 is 0 Å². The maximum Gasteiger partial charge on any atom is 0.358 e. The monoisotopic (exact) mass is 295 g/mol. The normalized spacial score (nSPS) is 10.6. The summed E-state index contributed by atoms with van der Waals surface area (Å²) in [4.78, 5) is 12.3. The second kappa shape index (κ2) is 5.93. The van der Waals surface area contributed by atoms with Gasteiger partial charge in [-0.25, -0.2) is 4.79 Å². The summed E-state index contributed by atoms with van der Waals surface area (Å²) in [5.74, 6) is 0.833. The van der Waals surface area contributed by atoms with Gasteiger partial charge in [-0.15, -0.1) is 0 Å². The van der Waals surface area contributed by atoms with Crippen LogP contribution in [-0.2, 0) is 11.8 Å². The molecule has 1 heterocycles. The van der Waals surface area contributed by atoms with Crippen LogP contribution < -0.4 is 4.74 Å². The Kier molecular flexibility index (Phi) is 3.83. The highest BCUT2D eigenvalue weighted by Crippen LogP contribution is 2.36. The number of rotatable bonds is 4. The van der Waals surface area contributed by atoms with Gasteiger partial charge < -0.3 is 14.0 Å². The van der Waals surface area contributed by atoms with Gasteiger partial charge >= 0.3 is 5.97 Å². The number of carbonyl (C=O) groups excluding carboxylic acids is 1. The lowest BCUT2D eigenvalue weighted by Gasteiger charge is -2.08. The molecule has 0 N–H and O–H groups in total. The van der Waals surface area contributed by atoms with E-state index in [1.165, 1.54) is 0 Å². The van der Waals surface area contributed by atoms with Gasteiger partial charge in [0.2, 0.25) is 0 Å². The Morgan fingerprint density at radius 1 is 1.05 bits per heavy atom. The molecule has 112 valence electrons. The maximum atomic E-state index is 12.3. The standard InChI is InChI=1S/C18H17NO3/c1-3-21-18(20)16-17(22-13-9-5-4-6-10-13)14-11-7-8-12-15(14)19(16)2/h4-12H,3H2,1-2H3. The van der Waals surface area contributed by atoms with Gasteiger partial charge in [0.25, 0.3) is 0 Å². The molecule has 0 aliphatic rings. The Hall–Kier alpha value is -2.75. The summed E-state index contributed by atoms with van der Waals surface area (Å²) in [7, 11) is 1.84. The third-order valence-electron chi connectivity index (χ3n) is 3.49. The average Bonchev–Trinajstić information content (AvgIpc) is 2.82. The first-order valence-electron chi connectivity index (χ1n) is 7.19. The number of aryl methyl sites for hydroxylation is 1. The molecule has 22 heavy (non-hydrogen) atoms. The van der Waals surface area contributed by atoms with Crippen LogP contribution in [0.3, 0.4) is 0 Å². The molecule has 4 heteroatoms. The molecule has 0 bridgehead atoms. The van der Waals surface area contributed by atoms with Gasteiger partial charge in [-0.2, -0.15) is 0 Å². The van der Waals surface area contributed by atoms with E-state index in [4.69, 9.17) is 9.47 Å². The molecule has 0 saturated heterocycles. The lowest BCUT2D eigenvalue weighted by molar-refractivity contribution is 0.0513. The predicted octanol–water partition coefficient (Wildman–Crippen LogP) is 4.15. The molecule has 2 aromatic carbocycles. The zero-order valence-corrected chi connectivity index (χ0v) is 12.6. The number of para-hydroxylation sites is 2. The number of carbonyl (C=O) groups is 1. The fraction of sp³-hybridized carbons (Fsp3) is 0.167. The number of hydrogen-bond acceptors (Lipinski definition) is 3. The molecule has 0 atom stereocenters. The van der Waals surface area contributed by atoms with Crippen molar-refractivity contribution < 1.29 is 14.3 Å². The van der Waals surface area contributed by atoms with Gasteiger partial charge in [0.15, 0.2) is 11.4 Å². The van der Waals surface area contributed by atoms with Crippen molar-refractivity contribution in [3.05, 3.63) is 60.3 Å². The Balaban J connectivity index is 2.17. The lowest BCUT2D eigenvalue weighted by Crippen LogP contribution is -2.10. The molecule has 0 fully saturated rings. The Bertz CT molecular complexity index is 806. The van der Waals surface area contributed by atoms with Crippen molar-refractivity contribution in [1.82, 2.24) is 4.57 Å². The molecule has 3 aromatic rings. The maximum absolute atomic E-state index is 12.3. The smallest absolute Gasteiger partial charge is 0.358 e. The van der Waals surface area contributed by atoms with Crippen molar-refractivity contribution in [1.29, 1.82) is 0 Å². The van der Waals surface area contributed by atoms with E-state index in [9.17, 15) is 4.79 Å². The minimum absolute atomic E-state index is 0.325. The molecule has 4 nitrogen and oxygen atoms in total. The number of benzene rings is 2. The largest absolute Gasteiger partial charge is 0.461 e. The van der Waals surface area contributed by atoms with Gasteiger partial charge in [-0.1, -0.05) is 30.3 Å². The van der Waals surface area contributed by atoms with E-state index < -0.39 is 0 Å². The predicted molar refractivity (Wildman–Crippen MR) is 85.4 cm³/mol.